The van der Waals surface area contributed by atoms with Crippen LogP contribution in [0.2, 0.25) is 0 Å². The largest absolute Gasteiger partial charge is 0.295 e. The maximum absolute atomic E-state index is 11.5. The molecule has 0 saturated carbocycles. The van der Waals surface area contributed by atoms with Gasteiger partial charge >= 0.3 is 0 Å². The van der Waals surface area contributed by atoms with Crippen molar-refractivity contribution in [1.82, 2.24) is 4.90 Å². The molecule has 0 saturated heterocycles. The Balaban J connectivity index is 2.18. The zero-order valence-corrected chi connectivity index (χ0v) is 13.7. The number of hydrogen-bond donors (Lipinski definition) is 0. The first-order valence-electron chi connectivity index (χ1n) is 7.46. The highest BCUT2D eigenvalue weighted by molar-refractivity contribution is 5.94. The maximum atomic E-state index is 11.5. The van der Waals surface area contributed by atoms with Crippen LogP contribution in [0.4, 0.5) is 0 Å². The van der Waals surface area contributed by atoms with Crippen molar-refractivity contribution in [2.24, 2.45) is 5.41 Å². The van der Waals surface area contributed by atoms with Gasteiger partial charge in [0.25, 0.3) is 0 Å². The van der Waals surface area contributed by atoms with E-state index < -0.39 is 0 Å². The lowest BCUT2D eigenvalue weighted by Gasteiger charge is -2.40. The van der Waals surface area contributed by atoms with Crippen LogP contribution in [0.25, 0.3) is 0 Å². The SMILES string of the molecule is CC(=O)c1ccc2c(c1)CN(C(C)(C)CC(C)(C)C)C2. The van der Waals surface area contributed by atoms with E-state index in [-0.39, 0.29) is 11.3 Å². The molecule has 0 amide bonds. The Morgan fingerprint density at radius 2 is 1.70 bits per heavy atom. The summed E-state index contributed by atoms with van der Waals surface area (Å²) in [5, 5.41) is 0. The van der Waals surface area contributed by atoms with Gasteiger partial charge in [-0.1, -0.05) is 32.9 Å². The Morgan fingerprint density at radius 1 is 1.10 bits per heavy atom. The number of benzene rings is 1. The zero-order valence-electron chi connectivity index (χ0n) is 13.7. The minimum atomic E-state index is 0.153. The fraction of sp³-hybridized carbons (Fsp3) is 0.611. The third kappa shape index (κ3) is 3.29. The first-order chi connectivity index (χ1) is 9.08. The van der Waals surface area contributed by atoms with E-state index in [1.54, 1.807) is 6.92 Å². The maximum Gasteiger partial charge on any atom is 0.159 e. The van der Waals surface area contributed by atoms with E-state index in [9.17, 15) is 4.79 Å². The highest BCUT2D eigenvalue weighted by Crippen LogP contribution is 2.36. The van der Waals surface area contributed by atoms with E-state index in [1.165, 1.54) is 11.1 Å². The topological polar surface area (TPSA) is 20.3 Å². The highest BCUT2D eigenvalue weighted by atomic mass is 16.1. The van der Waals surface area contributed by atoms with Crippen molar-refractivity contribution in [2.45, 2.75) is 66.6 Å². The van der Waals surface area contributed by atoms with Crippen molar-refractivity contribution in [3.8, 4) is 0 Å². The lowest BCUT2D eigenvalue weighted by atomic mass is 9.81. The lowest BCUT2D eigenvalue weighted by molar-refractivity contribution is 0.0745. The Morgan fingerprint density at radius 3 is 2.25 bits per heavy atom. The van der Waals surface area contributed by atoms with Gasteiger partial charge in [0.1, 0.15) is 0 Å². The summed E-state index contributed by atoms with van der Waals surface area (Å²) < 4.78 is 0. The van der Waals surface area contributed by atoms with Crippen molar-refractivity contribution in [3.63, 3.8) is 0 Å². The predicted molar refractivity (Wildman–Crippen MR) is 83.8 cm³/mol. The number of carbonyl (C=O) groups excluding carboxylic acids is 1. The third-order valence-corrected chi connectivity index (χ3v) is 4.15. The number of nitrogens with zero attached hydrogens (tertiary/aromatic N) is 1. The van der Waals surface area contributed by atoms with Gasteiger partial charge in [-0.3, -0.25) is 9.69 Å². The van der Waals surface area contributed by atoms with Crippen LogP contribution in [0.3, 0.4) is 0 Å². The van der Waals surface area contributed by atoms with Gasteiger partial charge in [0.15, 0.2) is 5.78 Å². The average Bonchev–Trinajstić information content (AvgIpc) is 2.68. The van der Waals surface area contributed by atoms with Crippen LogP contribution in [0.15, 0.2) is 18.2 Å². The summed E-state index contributed by atoms with van der Waals surface area (Å²) in [5.41, 5.74) is 4.02. The molecular formula is C18H27NO. The molecule has 0 N–H and O–H groups in total. The van der Waals surface area contributed by atoms with Gasteiger partial charge < -0.3 is 0 Å². The standard InChI is InChI=1S/C18H27NO/c1-13(20)14-7-8-15-10-19(11-16(15)9-14)18(5,6)12-17(2,3)4/h7-9H,10-12H2,1-6H3. The van der Waals surface area contributed by atoms with Gasteiger partial charge in [-0.25, -0.2) is 0 Å². The van der Waals surface area contributed by atoms with Crippen molar-refractivity contribution in [2.75, 3.05) is 0 Å². The number of carbonyl (C=O) groups is 1. The number of ketones is 1. The molecule has 2 heteroatoms. The molecule has 1 aliphatic heterocycles. The molecule has 1 aromatic carbocycles. The molecule has 0 aromatic heterocycles. The van der Waals surface area contributed by atoms with E-state index in [0.717, 1.165) is 25.1 Å². The van der Waals surface area contributed by atoms with Crippen molar-refractivity contribution in [1.29, 1.82) is 0 Å². The van der Waals surface area contributed by atoms with Crippen LogP contribution in [0.1, 0.15) is 69.4 Å². The van der Waals surface area contributed by atoms with E-state index >= 15 is 0 Å². The fourth-order valence-corrected chi connectivity index (χ4v) is 3.45. The molecule has 20 heavy (non-hydrogen) atoms. The molecule has 0 radical (unpaired) electrons. The van der Waals surface area contributed by atoms with Gasteiger partial charge in [-0.15, -0.1) is 0 Å². The summed E-state index contributed by atoms with van der Waals surface area (Å²) >= 11 is 0. The summed E-state index contributed by atoms with van der Waals surface area (Å²) in [4.78, 5) is 14.0. The normalized spacial score (nSPS) is 16.3. The number of Topliss-reactive ketones (excluding diaryl/α,β-unsaturated/α-hetero) is 1. The lowest BCUT2D eigenvalue weighted by Crippen LogP contribution is -2.43. The second kappa shape index (κ2) is 5.00. The second-order valence-corrected chi connectivity index (χ2v) is 7.95. The van der Waals surface area contributed by atoms with Crippen LogP contribution >= 0.6 is 0 Å². The minimum absolute atomic E-state index is 0.153. The molecule has 0 aliphatic carbocycles. The van der Waals surface area contributed by atoms with E-state index in [0.29, 0.717) is 5.41 Å². The third-order valence-electron chi connectivity index (χ3n) is 4.15. The smallest absolute Gasteiger partial charge is 0.159 e. The molecular weight excluding hydrogens is 246 g/mol. The van der Waals surface area contributed by atoms with Crippen LogP contribution in [0.5, 0.6) is 0 Å². The zero-order chi connectivity index (χ0) is 15.1. The molecule has 2 rings (SSSR count). The van der Waals surface area contributed by atoms with Crippen LogP contribution in [-0.2, 0) is 13.1 Å². The molecule has 0 atom stereocenters. The van der Waals surface area contributed by atoms with E-state index in [1.807, 2.05) is 6.07 Å². The molecule has 0 bridgehead atoms. The first-order valence-corrected chi connectivity index (χ1v) is 7.46. The molecule has 110 valence electrons. The Labute approximate surface area is 123 Å². The van der Waals surface area contributed by atoms with Crippen LogP contribution in [-0.4, -0.2) is 16.2 Å². The van der Waals surface area contributed by atoms with Crippen LogP contribution < -0.4 is 0 Å². The number of fused-ring (bicyclic) bond motifs is 1. The van der Waals surface area contributed by atoms with E-state index in [2.05, 4.69) is 51.7 Å². The Kier molecular flexibility index (Phi) is 3.81. The van der Waals surface area contributed by atoms with Crippen molar-refractivity contribution in [3.05, 3.63) is 34.9 Å². The molecule has 1 aliphatic rings. The highest BCUT2D eigenvalue weighted by Gasteiger charge is 2.34. The summed E-state index contributed by atoms with van der Waals surface area (Å²) in [7, 11) is 0. The van der Waals surface area contributed by atoms with Gasteiger partial charge in [-0.05, 0) is 49.8 Å². The molecule has 0 fully saturated rings. The summed E-state index contributed by atoms with van der Waals surface area (Å²) in [6.07, 6.45) is 1.16. The quantitative estimate of drug-likeness (QED) is 0.760. The minimum Gasteiger partial charge on any atom is -0.295 e. The summed E-state index contributed by atoms with van der Waals surface area (Å²) in [6, 6.07) is 6.16. The summed E-state index contributed by atoms with van der Waals surface area (Å²) in [5.74, 6) is 0.153. The fourth-order valence-electron chi connectivity index (χ4n) is 3.45. The summed E-state index contributed by atoms with van der Waals surface area (Å²) in [6.45, 7) is 15.1. The van der Waals surface area contributed by atoms with Crippen molar-refractivity contribution >= 4 is 5.78 Å². The second-order valence-electron chi connectivity index (χ2n) is 7.95. The molecule has 1 aromatic rings. The van der Waals surface area contributed by atoms with Gasteiger partial charge in [0.05, 0.1) is 0 Å². The predicted octanol–water partition coefficient (Wildman–Crippen LogP) is 4.42. The first kappa shape index (κ1) is 15.2. The molecule has 0 unspecified atom stereocenters. The van der Waals surface area contributed by atoms with Gasteiger partial charge in [-0.2, -0.15) is 0 Å². The van der Waals surface area contributed by atoms with Crippen LogP contribution in [0, 0.1) is 5.41 Å². The average molecular weight is 273 g/mol. The Bertz CT molecular complexity index is 523. The monoisotopic (exact) mass is 273 g/mol. The Hall–Kier alpha value is -1.15. The van der Waals surface area contributed by atoms with Gasteiger partial charge in [0.2, 0.25) is 0 Å². The number of rotatable bonds is 3. The molecule has 2 nitrogen and oxygen atoms in total. The number of hydrogen-bond acceptors (Lipinski definition) is 2. The van der Waals surface area contributed by atoms with E-state index in [4.69, 9.17) is 0 Å². The molecule has 1 heterocycles. The van der Waals surface area contributed by atoms with Gasteiger partial charge in [0, 0.05) is 24.2 Å². The molecule has 0 spiro atoms. The van der Waals surface area contributed by atoms with Crippen molar-refractivity contribution < 1.29 is 4.79 Å².